The van der Waals surface area contributed by atoms with Crippen molar-refractivity contribution in [3.63, 3.8) is 0 Å². The molecule has 0 aromatic carbocycles. The van der Waals surface area contributed by atoms with Gasteiger partial charge in [-0.15, -0.1) is 0 Å². The maximum absolute atomic E-state index is 11.5. The van der Waals surface area contributed by atoms with E-state index in [2.05, 4.69) is 27.4 Å². The van der Waals surface area contributed by atoms with Gasteiger partial charge < -0.3 is 10.2 Å². The van der Waals surface area contributed by atoms with Crippen LogP contribution in [0.2, 0.25) is 0 Å². The maximum Gasteiger partial charge on any atom is 0.219 e. The summed E-state index contributed by atoms with van der Waals surface area (Å²) in [4.78, 5) is 22.1. The minimum absolute atomic E-state index is 0.199. The van der Waals surface area contributed by atoms with Gasteiger partial charge >= 0.3 is 0 Å². The van der Waals surface area contributed by atoms with Crippen molar-refractivity contribution in [1.29, 1.82) is 0 Å². The minimum Gasteiger partial charge on any atom is -0.343 e. The molecule has 0 spiro atoms. The second kappa shape index (κ2) is 7.90. The predicted octanol–water partition coefficient (Wildman–Crippen LogP) is 3.41. The Morgan fingerprint density at radius 2 is 2.12 bits per heavy atom. The van der Waals surface area contributed by atoms with Gasteiger partial charge in [-0.2, -0.15) is 0 Å². The Morgan fingerprint density at radius 3 is 2.92 bits per heavy atom. The number of piperidine rings is 1. The van der Waals surface area contributed by atoms with Gasteiger partial charge in [0.25, 0.3) is 0 Å². The molecule has 0 aliphatic carbocycles. The first-order chi connectivity index (χ1) is 11.7. The van der Waals surface area contributed by atoms with E-state index in [1.54, 1.807) is 13.1 Å². The molecule has 1 N–H and O–H groups in total. The highest BCUT2D eigenvalue weighted by molar-refractivity contribution is 5.73. The van der Waals surface area contributed by atoms with Gasteiger partial charge in [-0.05, 0) is 61.4 Å². The molecule has 1 aliphatic rings. The predicted molar refractivity (Wildman–Crippen MR) is 95.1 cm³/mol. The van der Waals surface area contributed by atoms with Gasteiger partial charge in [0.1, 0.15) is 11.6 Å². The van der Waals surface area contributed by atoms with Crippen molar-refractivity contribution in [2.75, 3.05) is 18.4 Å². The van der Waals surface area contributed by atoms with Crippen LogP contribution in [0.3, 0.4) is 0 Å². The van der Waals surface area contributed by atoms with Crippen molar-refractivity contribution in [3.05, 3.63) is 48.3 Å². The number of hydrogen-bond donors (Lipinski definition) is 1. The summed E-state index contributed by atoms with van der Waals surface area (Å²) in [6.07, 6.45) is 8.05. The number of anilines is 2. The zero-order valence-corrected chi connectivity index (χ0v) is 14.1. The molecule has 1 unspecified atom stereocenters. The molecule has 3 heterocycles. The molecule has 1 atom stereocenters. The van der Waals surface area contributed by atoms with Gasteiger partial charge in [0, 0.05) is 32.4 Å². The van der Waals surface area contributed by atoms with Gasteiger partial charge in [-0.25, -0.2) is 9.97 Å². The molecule has 0 saturated carbocycles. The van der Waals surface area contributed by atoms with Crippen LogP contribution in [0.1, 0.15) is 31.7 Å². The maximum atomic E-state index is 11.5. The zero-order valence-electron chi connectivity index (χ0n) is 14.1. The van der Waals surface area contributed by atoms with Crippen molar-refractivity contribution < 1.29 is 4.79 Å². The molecule has 5 heteroatoms. The molecule has 1 saturated heterocycles. The summed E-state index contributed by atoms with van der Waals surface area (Å²) in [6, 6.07) is 9.91. The first-order valence-electron chi connectivity index (χ1n) is 8.59. The quantitative estimate of drug-likeness (QED) is 0.915. The third kappa shape index (κ3) is 4.54. The van der Waals surface area contributed by atoms with Crippen LogP contribution in [0.4, 0.5) is 11.6 Å². The van der Waals surface area contributed by atoms with E-state index in [0.29, 0.717) is 5.92 Å². The monoisotopic (exact) mass is 324 g/mol. The summed E-state index contributed by atoms with van der Waals surface area (Å²) < 4.78 is 0. The van der Waals surface area contributed by atoms with Crippen molar-refractivity contribution >= 4 is 17.5 Å². The third-order valence-corrected chi connectivity index (χ3v) is 4.55. The first kappa shape index (κ1) is 16.4. The van der Waals surface area contributed by atoms with E-state index in [0.717, 1.165) is 44.0 Å². The Labute approximate surface area is 143 Å². The molecule has 1 amide bonds. The van der Waals surface area contributed by atoms with Crippen LogP contribution in [0, 0.1) is 5.92 Å². The van der Waals surface area contributed by atoms with Crippen LogP contribution in [-0.4, -0.2) is 33.9 Å². The minimum atomic E-state index is 0.199. The molecule has 24 heavy (non-hydrogen) atoms. The van der Waals surface area contributed by atoms with E-state index < -0.39 is 0 Å². The van der Waals surface area contributed by atoms with E-state index in [4.69, 9.17) is 0 Å². The van der Waals surface area contributed by atoms with Gasteiger partial charge in [-0.1, -0.05) is 6.07 Å². The molecule has 3 rings (SSSR count). The van der Waals surface area contributed by atoms with Gasteiger partial charge in [-0.3, -0.25) is 4.79 Å². The number of hydrogen-bond acceptors (Lipinski definition) is 4. The number of aromatic nitrogens is 2. The molecular weight excluding hydrogens is 300 g/mol. The fourth-order valence-electron chi connectivity index (χ4n) is 3.22. The lowest BCUT2D eigenvalue weighted by molar-refractivity contribution is -0.130. The average molecular weight is 324 g/mol. The van der Waals surface area contributed by atoms with Gasteiger partial charge in [0.05, 0.1) is 0 Å². The van der Waals surface area contributed by atoms with Crippen molar-refractivity contribution in [2.45, 2.75) is 32.6 Å². The van der Waals surface area contributed by atoms with Gasteiger partial charge in [0.2, 0.25) is 5.91 Å². The number of nitrogens with one attached hydrogen (secondary N) is 1. The van der Waals surface area contributed by atoms with E-state index in [1.165, 1.54) is 12.0 Å². The van der Waals surface area contributed by atoms with Crippen LogP contribution in [0.15, 0.2) is 42.7 Å². The second-order valence-corrected chi connectivity index (χ2v) is 6.40. The van der Waals surface area contributed by atoms with E-state index in [-0.39, 0.29) is 5.91 Å². The Balaban J connectivity index is 1.56. The molecule has 5 nitrogen and oxygen atoms in total. The number of pyridine rings is 2. The third-order valence-electron chi connectivity index (χ3n) is 4.55. The SMILES string of the molecule is CC(=O)N1CCCC(CCc2ccnc(Nc3ccccn3)c2)C1. The first-order valence-corrected chi connectivity index (χ1v) is 8.59. The smallest absolute Gasteiger partial charge is 0.219 e. The van der Waals surface area contributed by atoms with Crippen LogP contribution < -0.4 is 5.32 Å². The molecule has 1 aliphatic heterocycles. The number of amides is 1. The van der Waals surface area contributed by atoms with Crippen LogP contribution in [0.5, 0.6) is 0 Å². The van der Waals surface area contributed by atoms with Crippen LogP contribution in [-0.2, 0) is 11.2 Å². The lowest BCUT2D eigenvalue weighted by Crippen LogP contribution is -2.38. The molecule has 0 radical (unpaired) electrons. The summed E-state index contributed by atoms with van der Waals surface area (Å²) in [5.41, 5.74) is 1.27. The molecule has 126 valence electrons. The fourth-order valence-corrected chi connectivity index (χ4v) is 3.22. The van der Waals surface area contributed by atoms with Crippen molar-refractivity contribution in [2.24, 2.45) is 5.92 Å². The molecular formula is C19H24N4O. The van der Waals surface area contributed by atoms with Gasteiger partial charge in [0.15, 0.2) is 0 Å². The van der Waals surface area contributed by atoms with Crippen molar-refractivity contribution in [1.82, 2.24) is 14.9 Å². The normalized spacial score (nSPS) is 17.5. The number of aryl methyl sites for hydroxylation is 1. The highest BCUT2D eigenvalue weighted by atomic mass is 16.2. The standard InChI is InChI=1S/C19H24N4O/c1-15(24)23-12-4-5-17(14-23)8-7-16-9-11-21-19(13-16)22-18-6-2-3-10-20-18/h2-3,6,9-11,13,17H,4-5,7-8,12,14H2,1H3,(H,20,21,22). The Kier molecular flexibility index (Phi) is 5.41. The molecule has 1 fully saturated rings. The number of carbonyl (C=O) groups is 1. The van der Waals surface area contributed by atoms with E-state index >= 15 is 0 Å². The van der Waals surface area contributed by atoms with Crippen LogP contribution in [0.25, 0.3) is 0 Å². The Bertz CT molecular complexity index is 674. The largest absolute Gasteiger partial charge is 0.343 e. The van der Waals surface area contributed by atoms with Crippen molar-refractivity contribution in [3.8, 4) is 0 Å². The lowest BCUT2D eigenvalue weighted by Gasteiger charge is -2.32. The second-order valence-electron chi connectivity index (χ2n) is 6.40. The summed E-state index contributed by atoms with van der Waals surface area (Å²) in [5, 5.41) is 3.23. The summed E-state index contributed by atoms with van der Waals surface area (Å²) in [7, 11) is 0. The molecule has 2 aromatic rings. The Hall–Kier alpha value is -2.43. The fraction of sp³-hybridized carbons (Fsp3) is 0.421. The molecule has 0 bridgehead atoms. The number of nitrogens with zero attached hydrogens (tertiary/aromatic N) is 3. The van der Waals surface area contributed by atoms with Crippen LogP contribution >= 0.6 is 0 Å². The highest BCUT2D eigenvalue weighted by Crippen LogP contribution is 2.22. The summed E-state index contributed by atoms with van der Waals surface area (Å²) in [6.45, 7) is 3.49. The lowest BCUT2D eigenvalue weighted by atomic mass is 9.92. The summed E-state index contributed by atoms with van der Waals surface area (Å²) in [5.74, 6) is 2.42. The number of rotatable bonds is 5. The van der Waals surface area contributed by atoms with E-state index in [1.807, 2.05) is 29.3 Å². The topological polar surface area (TPSA) is 58.1 Å². The number of carbonyl (C=O) groups excluding carboxylic acids is 1. The van der Waals surface area contributed by atoms with E-state index in [9.17, 15) is 4.79 Å². The summed E-state index contributed by atoms with van der Waals surface area (Å²) >= 11 is 0. The average Bonchev–Trinajstić information content (AvgIpc) is 2.61. The highest BCUT2D eigenvalue weighted by Gasteiger charge is 2.21. The molecule has 2 aromatic heterocycles. The Morgan fingerprint density at radius 1 is 1.25 bits per heavy atom. The zero-order chi connectivity index (χ0) is 16.8. The number of likely N-dealkylation sites (tertiary alicyclic amines) is 1.